The molecular weight excluding hydrogens is 284 g/mol. The fourth-order valence-electron chi connectivity index (χ4n) is 2.09. The number of carbonyl (C=O) groups excluding carboxylic acids is 1. The molecule has 0 aliphatic rings. The van der Waals surface area contributed by atoms with Gasteiger partial charge in [0.1, 0.15) is 0 Å². The molecule has 0 aliphatic heterocycles. The van der Waals surface area contributed by atoms with Gasteiger partial charge in [0.25, 0.3) is 0 Å². The number of urea groups is 1. The summed E-state index contributed by atoms with van der Waals surface area (Å²) in [4.78, 5) is 13.7. The van der Waals surface area contributed by atoms with Gasteiger partial charge in [-0.05, 0) is 24.1 Å². The normalized spacial score (nSPS) is 10.2. The van der Waals surface area contributed by atoms with E-state index in [0.717, 1.165) is 11.1 Å². The fraction of sp³-hybridized carbons (Fsp3) is 0.235. The van der Waals surface area contributed by atoms with Crippen LogP contribution in [0.2, 0.25) is 5.02 Å². The Morgan fingerprint density at radius 3 is 2.67 bits per heavy atom. The summed E-state index contributed by atoms with van der Waals surface area (Å²) in [7, 11) is 1.76. The smallest absolute Gasteiger partial charge is 0.317 e. The molecule has 110 valence electrons. The Balaban J connectivity index is 1.90. The second-order valence-electron chi connectivity index (χ2n) is 5.10. The van der Waals surface area contributed by atoms with Gasteiger partial charge in [0.15, 0.2) is 0 Å². The molecule has 3 nitrogen and oxygen atoms in total. The highest BCUT2D eigenvalue weighted by molar-refractivity contribution is 6.31. The molecule has 0 saturated carbocycles. The number of amides is 2. The first-order chi connectivity index (χ1) is 10.1. The van der Waals surface area contributed by atoms with Crippen LogP contribution in [0, 0.1) is 6.92 Å². The third-order valence-corrected chi connectivity index (χ3v) is 3.61. The summed E-state index contributed by atoms with van der Waals surface area (Å²) in [6, 6.07) is 15.5. The van der Waals surface area contributed by atoms with Gasteiger partial charge in [0.05, 0.1) is 0 Å². The number of hydrogen-bond donors (Lipinski definition) is 1. The maximum Gasteiger partial charge on any atom is 0.317 e. The lowest BCUT2D eigenvalue weighted by Gasteiger charge is -2.18. The van der Waals surface area contributed by atoms with Crippen molar-refractivity contribution in [3.63, 3.8) is 0 Å². The molecule has 0 bridgehead atoms. The predicted molar refractivity (Wildman–Crippen MR) is 86.3 cm³/mol. The molecule has 2 amide bonds. The second kappa shape index (κ2) is 7.14. The molecule has 2 rings (SSSR count). The van der Waals surface area contributed by atoms with E-state index in [0.29, 0.717) is 18.1 Å². The standard InChI is InChI=1S/C17H19ClN2O/c1-13-6-5-7-14(10-13)11-19-17(21)20(2)12-15-8-3-4-9-16(15)18/h3-10H,11-12H2,1-2H3,(H,19,21). The zero-order valence-corrected chi connectivity index (χ0v) is 13.0. The molecule has 2 aromatic rings. The maximum atomic E-state index is 12.1. The zero-order valence-electron chi connectivity index (χ0n) is 12.3. The molecule has 1 N–H and O–H groups in total. The molecule has 0 spiro atoms. The molecule has 0 radical (unpaired) electrons. The summed E-state index contributed by atoms with van der Waals surface area (Å²) >= 11 is 6.11. The van der Waals surface area contributed by atoms with E-state index in [-0.39, 0.29) is 6.03 Å². The van der Waals surface area contributed by atoms with Crippen LogP contribution in [0.25, 0.3) is 0 Å². The number of halogens is 1. The lowest BCUT2D eigenvalue weighted by Crippen LogP contribution is -2.36. The van der Waals surface area contributed by atoms with Gasteiger partial charge in [-0.3, -0.25) is 0 Å². The highest BCUT2D eigenvalue weighted by atomic mass is 35.5. The first-order valence-electron chi connectivity index (χ1n) is 6.84. The van der Waals surface area contributed by atoms with Crippen molar-refractivity contribution in [2.45, 2.75) is 20.0 Å². The van der Waals surface area contributed by atoms with Crippen LogP contribution >= 0.6 is 11.6 Å². The number of hydrogen-bond acceptors (Lipinski definition) is 1. The topological polar surface area (TPSA) is 32.3 Å². The number of nitrogens with zero attached hydrogens (tertiary/aromatic N) is 1. The first kappa shape index (κ1) is 15.4. The van der Waals surface area contributed by atoms with Gasteiger partial charge in [-0.2, -0.15) is 0 Å². The van der Waals surface area contributed by atoms with Gasteiger partial charge in [0, 0.05) is 25.2 Å². The van der Waals surface area contributed by atoms with Gasteiger partial charge in [-0.1, -0.05) is 59.6 Å². The van der Waals surface area contributed by atoms with Gasteiger partial charge in [0.2, 0.25) is 0 Å². The van der Waals surface area contributed by atoms with E-state index in [1.807, 2.05) is 49.4 Å². The Morgan fingerprint density at radius 2 is 1.95 bits per heavy atom. The molecule has 0 atom stereocenters. The minimum Gasteiger partial charge on any atom is -0.334 e. The molecule has 0 aromatic heterocycles. The molecule has 0 fully saturated rings. The van der Waals surface area contributed by atoms with Crippen molar-refractivity contribution in [3.05, 3.63) is 70.2 Å². The predicted octanol–water partition coefficient (Wildman–Crippen LogP) is 3.99. The minimum atomic E-state index is -0.114. The zero-order chi connectivity index (χ0) is 15.2. The fourth-order valence-corrected chi connectivity index (χ4v) is 2.28. The van der Waals surface area contributed by atoms with Crippen LogP contribution in [0.1, 0.15) is 16.7 Å². The van der Waals surface area contributed by atoms with Crippen LogP contribution in [0.4, 0.5) is 4.79 Å². The summed E-state index contributed by atoms with van der Waals surface area (Å²) in [5.74, 6) is 0. The van der Waals surface area contributed by atoms with Crippen molar-refractivity contribution in [1.82, 2.24) is 10.2 Å². The van der Waals surface area contributed by atoms with E-state index < -0.39 is 0 Å². The summed E-state index contributed by atoms with van der Waals surface area (Å²) in [6.07, 6.45) is 0. The Bertz CT molecular complexity index is 628. The summed E-state index contributed by atoms with van der Waals surface area (Å²) in [5, 5.41) is 3.59. The van der Waals surface area contributed by atoms with Crippen LogP contribution in [0.15, 0.2) is 48.5 Å². The van der Waals surface area contributed by atoms with Gasteiger partial charge >= 0.3 is 6.03 Å². The van der Waals surface area contributed by atoms with Crippen molar-refractivity contribution in [1.29, 1.82) is 0 Å². The highest BCUT2D eigenvalue weighted by Crippen LogP contribution is 2.16. The Labute approximate surface area is 130 Å². The van der Waals surface area contributed by atoms with E-state index in [2.05, 4.69) is 11.4 Å². The van der Waals surface area contributed by atoms with Gasteiger partial charge in [-0.25, -0.2) is 4.79 Å². The molecular formula is C17H19ClN2O. The molecule has 21 heavy (non-hydrogen) atoms. The largest absolute Gasteiger partial charge is 0.334 e. The summed E-state index contributed by atoms with van der Waals surface area (Å²) < 4.78 is 0. The van der Waals surface area contributed by atoms with Crippen molar-refractivity contribution in [3.8, 4) is 0 Å². The van der Waals surface area contributed by atoms with Crippen LogP contribution in [-0.4, -0.2) is 18.0 Å². The lowest BCUT2D eigenvalue weighted by molar-refractivity contribution is 0.206. The van der Waals surface area contributed by atoms with E-state index in [1.54, 1.807) is 11.9 Å². The van der Waals surface area contributed by atoms with Gasteiger partial charge in [-0.15, -0.1) is 0 Å². The maximum absolute atomic E-state index is 12.1. The monoisotopic (exact) mass is 302 g/mol. The lowest BCUT2D eigenvalue weighted by atomic mass is 10.1. The minimum absolute atomic E-state index is 0.114. The van der Waals surface area contributed by atoms with Crippen molar-refractivity contribution in [2.24, 2.45) is 0 Å². The van der Waals surface area contributed by atoms with Crippen molar-refractivity contribution < 1.29 is 4.79 Å². The summed E-state index contributed by atoms with van der Waals surface area (Å²) in [6.45, 7) is 3.04. The quantitative estimate of drug-likeness (QED) is 0.910. The first-order valence-corrected chi connectivity index (χ1v) is 7.22. The Morgan fingerprint density at radius 1 is 1.19 bits per heavy atom. The van der Waals surface area contributed by atoms with Crippen LogP contribution < -0.4 is 5.32 Å². The van der Waals surface area contributed by atoms with Crippen LogP contribution in [0.5, 0.6) is 0 Å². The molecule has 0 unspecified atom stereocenters. The van der Waals surface area contributed by atoms with Crippen molar-refractivity contribution >= 4 is 17.6 Å². The SMILES string of the molecule is Cc1cccc(CNC(=O)N(C)Cc2ccccc2Cl)c1. The van der Waals surface area contributed by atoms with E-state index in [1.165, 1.54) is 5.56 Å². The Hall–Kier alpha value is -2.00. The van der Waals surface area contributed by atoms with E-state index >= 15 is 0 Å². The van der Waals surface area contributed by atoms with E-state index in [9.17, 15) is 4.79 Å². The number of rotatable bonds is 4. The molecule has 0 saturated heterocycles. The molecule has 0 heterocycles. The number of benzene rings is 2. The molecule has 2 aromatic carbocycles. The van der Waals surface area contributed by atoms with Crippen LogP contribution in [0.3, 0.4) is 0 Å². The third kappa shape index (κ3) is 4.50. The van der Waals surface area contributed by atoms with Gasteiger partial charge < -0.3 is 10.2 Å². The van der Waals surface area contributed by atoms with Crippen LogP contribution in [-0.2, 0) is 13.1 Å². The Kier molecular flexibility index (Phi) is 5.23. The average molecular weight is 303 g/mol. The van der Waals surface area contributed by atoms with E-state index in [4.69, 9.17) is 11.6 Å². The summed E-state index contributed by atoms with van der Waals surface area (Å²) in [5.41, 5.74) is 3.22. The number of carbonyl (C=O) groups is 1. The highest BCUT2D eigenvalue weighted by Gasteiger charge is 2.10. The molecule has 0 aliphatic carbocycles. The third-order valence-electron chi connectivity index (χ3n) is 3.24. The number of aryl methyl sites for hydroxylation is 1. The second-order valence-corrected chi connectivity index (χ2v) is 5.50. The average Bonchev–Trinajstić information content (AvgIpc) is 2.47. The number of nitrogens with one attached hydrogen (secondary N) is 1. The van der Waals surface area contributed by atoms with Crippen molar-refractivity contribution in [2.75, 3.05) is 7.05 Å². The molecule has 4 heteroatoms.